The van der Waals surface area contributed by atoms with E-state index in [0.717, 1.165) is 18.6 Å². The molecule has 0 aliphatic carbocycles. The molecule has 25 heavy (non-hydrogen) atoms. The number of piperidine rings is 1. The Bertz CT molecular complexity index is 665. The number of unbranched alkanes of at least 4 members (excludes halogenated alkanes) is 1. The van der Waals surface area contributed by atoms with Crippen LogP contribution >= 0.6 is 0 Å². The van der Waals surface area contributed by atoms with E-state index < -0.39 is 10.0 Å². The van der Waals surface area contributed by atoms with Crippen molar-refractivity contribution < 1.29 is 17.9 Å². The van der Waals surface area contributed by atoms with Gasteiger partial charge < -0.3 is 9.64 Å². The Kier molecular flexibility index (Phi) is 6.84. The first-order valence-electron chi connectivity index (χ1n) is 8.78. The highest BCUT2D eigenvalue weighted by atomic mass is 32.2. The molecule has 1 aliphatic rings. The molecule has 1 saturated heterocycles. The summed E-state index contributed by atoms with van der Waals surface area (Å²) in [5.74, 6) is 0.763. The number of rotatable bonds is 7. The van der Waals surface area contributed by atoms with Crippen LogP contribution in [0.2, 0.25) is 0 Å². The number of carbonyl (C=O) groups is 1. The van der Waals surface area contributed by atoms with Crippen LogP contribution in [-0.4, -0.2) is 62.6 Å². The van der Waals surface area contributed by atoms with E-state index in [1.54, 1.807) is 24.1 Å². The first kappa shape index (κ1) is 19.7. The Labute approximate surface area is 150 Å². The Morgan fingerprint density at radius 1 is 1.24 bits per heavy atom. The predicted octanol–water partition coefficient (Wildman–Crippen LogP) is 2.36. The second-order valence-corrected chi connectivity index (χ2v) is 8.57. The predicted molar refractivity (Wildman–Crippen MR) is 98.4 cm³/mol. The van der Waals surface area contributed by atoms with E-state index in [1.807, 2.05) is 12.1 Å². The number of likely N-dealkylation sites (tertiary alicyclic amines) is 1. The zero-order valence-electron chi connectivity index (χ0n) is 15.3. The summed E-state index contributed by atoms with van der Waals surface area (Å²) in [6.45, 7) is 3.93. The number of hydrogen-bond donors (Lipinski definition) is 0. The van der Waals surface area contributed by atoms with Crippen LogP contribution in [0.4, 0.5) is 0 Å². The molecule has 0 saturated carbocycles. The number of sulfonamides is 1. The Morgan fingerprint density at radius 2 is 1.84 bits per heavy atom. The van der Waals surface area contributed by atoms with Crippen molar-refractivity contribution in [1.29, 1.82) is 0 Å². The first-order valence-corrected chi connectivity index (χ1v) is 10.6. The van der Waals surface area contributed by atoms with Gasteiger partial charge in [-0.15, -0.1) is 0 Å². The molecule has 0 atom stereocenters. The van der Waals surface area contributed by atoms with Gasteiger partial charge in [0, 0.05) is 31.7 Å². The Hall–Kier alpha value is -1.60. The fourth-order valence-electron chi connectivity index (χ4n) is 2.91. The molecule has 1 amide bonds. The third-order valence-electron chi connectivity index (χ3n) is 4.66. The minimum atomic E-state index is -3.19. The van der Waals surface area contributed by atoms with Crippen LogP contribution in [0.25, 0.3) is 0 Å². The van der Waals surface area contributed by atoms with Crippen molar-refractivity contribution in [1.82, 2.24) is 9.21 Å². The summed E-state index contributed by atoms with van der Waals surface area (Å²) in [6.07, 6.45) is 4.63. The van der Waals surface area contributed by atoms with Crippen LogP contribution in [0.3, 0.4) is 0 Å². The van der Waals surface area contributed by atoms with E-state index in [0.29, 0.717) is 38.1 Å². The lowest BCUT2D eigenvalue weighted by Gasteiger charge is -2.35. The van der Waals surface area contributed by atoms with Crippen LogP contribution in [0.15, 0.2) is 24.3 Å². The summed E-state index contributed by atoms with van der Waals surface area (Å²) in [5, 5.41) is 0. The SMILES string of the molecule is CCCCOc1ccc(C(=O)N2CCC(N(C)S(C)(=O)=O)CC2)cc1. The molecular formula is C18H28N2O4S. The van der Waals surface area contributed by atoms with Crippen molar-refractivity contribution in [2.75, 3.05) is 33.0 Å². The minimum absolute atomic E-state index is 0.0134. The molecule has 0 radical (unpaired) electrons. The summed E-state index contributed by atoms with van der Waals surface area (Å²) in [4.78, 5) is 14.4. The maximum absolute atomic E-state index is 12.6. The van der Waals surface area contributed by atoms with Crippen LogP contribution in [0.1, 0.15) is 43.0 Å². The van der Waals surface area contributed by atoms with Gasteiger partial charge in [-0.1, -0.05) is 13.3 Å². The molecular weight excluding hydrogens is 340 g/mol. The highest BCUT2D eigenvalue weighted by Gasteiger charge is 2.29. The number of hydrogen-bond acceptors (Lipinski definition) is 4. The van der Waals surface area contributed by atoms with Gasteiger partial charge in [0.2, 0.25) is 10.0 Å². The standard InChI is InChI=1S/C18H28N2O4S/c1-4-5-14-24-17-8-6-15(7-9-17)18(21)20-12-10-16(11-13-20)19(2)25(3,22)23/h6-9,16H,4-5,10-14H2,1-3H3. The van der Waals surface area contributed by atoms with Gasteiger partial charge >= 0.3 is 0 Å². The van der Waals surface area contributed by atoms with Gasteiger partial charge in [0.25, 0.3) is 5.91 Å². The third kappa shape index (κ3) is 5.44. The second kappa shape index (κ2) is 8.67. The average Bonchev–Trinajstić information content (AvgIpc) is 2.61. The first-order chi connectivity index (χ1) is 11.8. The van der Waals surface area contributed by atoms with Crippen molar-refractivity contribution in [2.45, 2.75) is 38.6 Å². The second-order valence-electron chi connectivity index (χ2n) is 6.53. The average molecular weight is 368 g/mol. The number of nitrogens with zero attached hydrogens (tertiary/aromatic N) is 2. The van der Waals surface area contributed by atoms with E-state index in [1.165, 1.54) is 10.6 Å². The quantitative estimate of drug-likeness (QED) is 0.693. The topological polar surface area (TPSA) is 66.9 Å². The van der Waals surface area contributed by atoms with Crippen molar-refractivity contribution >= 4 is 15.9 Å². The van der Waals surface area contributed by atoms with Gasteiger partial charge in [0.15, 0.2) is 0 Å². The summed E-state index contributed by atoms with van der Waals surface area (Å²) < 4.78 is 30.3. The molecule has 1 aromatic carbocycles. The largest absolute Gasteiger partial charge is 0.494 e. The molecule has 1 heterocycles. The lowest BCUT2D eigenvalue weighted by atomic mass is 10.0. The fourth-order valence-corrected chi connectivity index (χ4v) is 3.67. The van der Waals surface area contributed by atoms with Crippen molar-refractivity contribution in [3.63, 3.8) is 0 Å². The molecule has 0 spiro atoms. The van der Waals surface area contributed by atoms with E-state index in [2.05, 4.69) is 6.92 Å². The highest BCUT2D eigenvalue weighted by molar-refractivity contribution is 7.88. The summed E-state index contributed by atoms with van der Waals surface area (Å²) in [6, 6.07) is 7.20. The van der Waals surface area contributed by atoms with E-state index >= 15 is 0 Å². The molecule has 0 N–H and O–H groups in total. The maximum Gasteiger partial charge on any atom is 0.253 e. The summed E-state index contributed by atoms with van der Waals surface area (Å²) in [7, 11) is -1.58. The number of carbonyl (C=O) groups excluding carboxylic acids is 1. The number of benzene rings is 1. The Morgan fingerprint density at radius 3 is 2.36 bits per heavy atom. The van der Waals surface area contributed by atoms with Crippen molar-refractivity contribution in [3.05, 3.63) is 29.8 Å². The molecule has 0 bridgehead atoms. The molecule has 0 unspecified atom stereocenters. The van der Waals surface area contributed by atoms with Gasteiger partial charge in [0.1, 0.15) is 5.75 Å². The number of amides is 1. The fraction of sp³-hybridized carbons (Fsp3) is 0.611. The molecule has 140 valence electrons. The van der Waals surface area contributed by atoms with Crippen LogP contribution in [0, 0.1) is 0 Å². The minimum Gasteiger partial charge on any atom is -0.494 e. The summed E-state index contributed by atoms with van der Waals surface area (Å²) in [5.41, 5.74) is 0.637. The molecule has 1 aliphatic heterocycles. The molecule has 1 aromatic rings. The molecule has 7 heteroatoms. The van der Waals surface area contributed by atoms with Crippen molar-refractivity contribution in [3.8, 4) is 5.75 Å². The number of ether oxygens (including phenoxy) is 1. The Balaban J connectivity index is 1.89. The summed E-state index contributed by atoms with van der Waals surface area (Å²) >= 11 is 0. The van der Waals surface area contributed by atoms with Crippen molar-refractivity contribution in [2.24, 2.45) is 0 Å². The van der Waals surface area contributed by atoms with Gasteiger partial charge in [-0.3, -0.25) is 4.79 Å². The maximum atomic E-state index is 12.6. The van der Waals surface area contributed by atoms with Gasteiger partial charge in [-0.05, 0) is 43.5 Å². The van der Waals surface area contributed by atoms with E-state index in [-0.39, 0.29) is 11.9 Å². The van der Waals surface area contributed by atoms with E-state index in [4.69, 9.17) is 4.74 Å². The monoisotopic (exact) mass is 368 g/mol. The smallest absolute Gasteiger partial charge is 0.253 e. The van der Waals surface area contributed by atoms with Gasteiger partial charge in [-0.25, -0.2) is 12.7 Å². The lowest BCUT2D eigenvalue weighted by Crippen LogP contribution is -2.47. The molecule has 6 nitrogen and oxygen atoms in total. The zero-order chi connectivity index (χ0) is 18.4. The normalized spacial score (nSPS) is 16.2. The van der Waals surface area contributed by atoms with Crippen LogP contribution in [-0.2, 0) is 10.0 Å². The zero-order valence-corrected chi connectivity index (χ0v) is 16.1. The van der Waals surface area contributed by atoms with E-state index in [9.17, 15) is 13.2 Å². The highest BCUT2D eigenvalue weighted by Crippen LogP contribution is 2.20. The molecule has 1 fully saturated rings. The van der Waals surface area contributed by atoms with Gasteiger partial charge in [0.05, 0.1) is 12.9 Å². The van der Waals surface area contributed by atoms with Gasteiger partial charge in [-0.2, -0.15) is 0 Å². The third-order valence-corrected chi connectivity index (χ3v) is 6.00. The molecule has 2 rings (SSSR count). The van der Waals surface area contributed by atoms with Crippen LogP contribution in [0.5, 0.6) is 5.75 Å². The van der Waals surface area contributed by atoms with Crippen LogP contribution < -0.4 is 4.74 Å². The lowest BCUT2D eigenvalue weighted by molar-refractivity contribution is 0.0686. The molecule has 0 aromatic heterocycles.